The summed E-state index contributed by atoms with van der Waals surface area (Å²) in [6.45, 7) is 6.62. The molecule has 0 N–H and O–H groups in total. The van der Waals surface area contributed by atoms with Crippen LogP contribution in [0.4, 0.5) is 0 Å². The molecule has 0 aliphatic heterocycles. The van der Waals surface area contributed by atoms with Crippen LogP contribution < -0.4 is 4.74 Å². The number of aromatic nitrogens is 1. The van der Waals surface area contributed by atoms with Crippen molar-refractivity contribution in [2.75, 3.05) is 0 Å². The monoisotopic (exact) mass is 283 g/mol. The molecule has 0 radical (unpaired) electrons. The highest BCUT2D eigenvalue weighted by Crippen LogP contribution is 2.29. The molecule has 0 amide bonds. The minimum atomic E-state index is 0.165. The first kappa shape index (κ1) is 13.1. The third kappa shape index (κ3) is 2.68. The Morgan fingerprint density at radius 3 is 2.35 bits per heavy atom. The minimum Gasteiger partial charge on any atom is -0.457 e. The minimum absolute atomic E-state index is 0.165. The fourth-order valence-electron chi connectivity index (χ4n) is 2.06. The van der Waals surface area contributed by atoms with Crippen molar-refractivity contribution in [3.8, 4) is 11.5 Å². The van der Waals surface area contributed by atoms with Gasteiger partial charge in [-0.2, -0.15) is 0 Å². The molecule has 0 aliphatic rings. The highest BCUT2D eigenvalue weighted by molar-refractivity contribution is 7.16. The van der Waals surface area contributed by atoms with E-state index in [1.54, 1.807) is 11.3 Å². The van der Waals surface area contributed by atoms with Gasteiger partial charge in [-0.3, -0.25) is 0 Å². The van der Waals surface area contributed by atoms with Gasteiger partial charge in [0.05, 0.1) is 15.7 Å². The lowest BCUT2D eigenvalue weighted by Gasteiger charge is -2.19. The van der Waals surface area contributed by atoms with Crippen molar-refractivity contribution in [2.45, 2.75) is 26.2 Å². The number of thiazole rings is 1. The van der Waals surface area contributed by atoms with Gasteiger partial charge in [0.2, 0.25) is 0 Å². The Bertz CT molecular complexity index is 723. The topological polar surface area (TPSA) is 22.1 Å². The first-order valence-corrected chi connectivity index (χ1v) is 7.52. The van der Waals surface area contributed by atoms with E-state index in [2.05, 4.69) is 37.9 Å². The van der Waals surface area contributed by atoms with Crippen molar-refractivity contribution in [3.05, 3.63) is 53.5 Å². The lowest BCUT2D eigenvalue weighted by Crippen LogP contribution is -2.10. The van der Waals surface area contributed by atoms with Gasteiger partial charge < -0.3 is 4.74 Å². The van der Waals surface area contributed by atoms with Gasteiger partial charge in [0.15, 0.2) is 0 Å². The Morgan fingerprint density at radius 1 is 0.950 bits per heavy atom. The van der Waals surface area contributed by atoms with Crippen molar-refractivity contribution >= 4 is 21.6 Å². The van der Waals surface area contributed by atoms with E-state index < -0.39 is 0 Å². The molecular formula is C17H17NOS. The number of hydrogen-bond acceptors (Lipinski definition) is 3. The zero-order chi connectivity index (χ0) is 14.2. The van der Waals surface area contributed by atoms with Crippen molar-refractivity contribution in [1.29, 1.82) is 0 Å². The van der Waals surface area contributed by atoms with E-state index in [1.807, 2.05) is 35.8 Å². The molecule has 0 saturated heterocycles. The number of benzene rings is 2. The summed E-state index contributed by atoms with van der Waals surface area (Å²) in [7, 11) is 0. The van der Waals surface area contributed by atoms with E-state index >= 15 is 0 Å². The summed E-state index contributed by atoms with van der Waals surface area (Å²) < 4.78 is 7.07. The number of rotatable bonds is 2. The van der Waals surface area contributed by atoms with Crippen LogP contribution in [0.5, 0.6) is 11.5 Å². The van der Waals surface area contributed by atoms with Crippen molar-refractivity contribution < 1.29 is 4.74 Å². The van der Waals surface area contributed by atoms with Crippen molar-refractivity contribution in [1.82, 2.24) is 4.98 Å². The van der Waals surface area contributed by atoms with Crippen LogP contribution in [-0.4, -0.2) is 4.98 Å². The van der Waals surface area contributed by atoms with E-state index in [9.17, 15) is 0 Å². The Morgan fingerprint density at radius 2 is 1.65 bits per heavy atom. The molecular weight excluding hydrogens is 266 g/mol. The molecule has 0 atom stereocenters. The highest BCUT2D eigenvalue weighted by Gasteiger charge is 2.13. The second-order valence-electron chi connectivity index (χ2n) is 5.86. The normalized spacial score (nSPS) is 11.8. The molecule has 1 heterocycles. The van der Waals surface area contributed by atoms with Crippen LogP contribution in [0.25, 0.3) is 10.2 Å². The van der Waals surface area contributed by atoms with Gasteiger partial charge >= 0.3 is 0 Å². The molecule has 3 heteroatoms. The van der Waals surface area contributed by atoms with Gasteiger partial charge in [-0.25, -0.2) is 4.98 Å². The number of hydrogen-bond donors (Lipinski definition) is 0. The summed E-state index contributed by atoms with van der Waals surface area (Å²) in [4.78, 5) is 4.31. The second-order valence-corrected chi connectivity index (χ2v) is 6.74. The molecule has 20 heavy (non-hydrogen) atoms. The molecule has 0 spiro atoms. The highest BCUT2D eigenvalue weighted by atomic mass is 32.1. The summed E-state index contributed by atoms with van der Waals surface area (Å²) in [5.41, 5.74) is 4.31. The molecule has 0 aliphatic carbocycles. The van der Waals surface area contributed by atoms with Crippen molar-refractivity contribution in [3.63, 3.8) is 0 Å². The summed E-state index contributed by atoms with van der Waals surface area (Å²) in [5, 5.41) is 0. The largest absolute Gasteiger partial charge is 0.457 e. The number of fused-ring (bicyclic) bond motifs is 1. The van der Waals surface area contributed by atoms with E-state index in [0.29, 0.717) is 0 Å². The van der Waals surface area contributed by atoms with Crippen LogP contribution in [0.3, 0.4) is 0 Å². The maximum absolute atomic E-state index is 5.89. The van der Waals surface area contributed by atoms with Gasteiger partial charge in [-0.05, 0) is 35.2 Å². The predicted molar refractivity (Wildman–Crippen MR) is 84.8 cm³/mol. The van der Waals surface area contributed by atoms with Crippen LogP contribution in [0.2, 0.25) is 0 Å². The van der Waals surface area contributed by atoms with Crippen LogP contribution >= 0.6 is 11.3 Å². The summed E-state index contributed by atoms with van der Waals surface area (Å²) in [6, 6.07) is 14.3. The fourth-order valence-corrected chi connectivity index (χ4v) is 2.72. The lowest BCUT2D eigenvalue weighted by atomic mass is 9.87. The molecule has 0 fully saturated rings. The first-order chi connectivity index (χ1) is 9.52. The van der Waals surface area contributed by atoms with Gasteiger partial charge in [0, 0.05) is 6.07 Å². The molecule has 3 aromatic rings. The summed E-state index contributed by atoms with van der Waals surface area (Å²) >= 11 is 1.64. The van der Waals surface area contributed by atoms with Crippen LogP contribution in [0.15, 0.2) is 48.0 Å². The van der Waals surface area contributed by atoms with E-state index in [1.165, 1.54) is 10.3 Å². The Hall–Kier alpha value is -1.87. The third-order valence-corrected chi connectivity index (χ3v) is 4.07. The van der Waals surface area contributed by atoms with Gasteiger partial charge in [0.25, 0.3) is 0 Å². The standard InChI is InChI=1S/C17H17NOS/c1-17(2,3)12-4-6-13(7-5-12)19-14-8-9-16-15(10-14)18-11-20-16/h4-11H,1-3H3. The molecule has 3 rings (SSSR count). The van der Waals surface area contributed by atoms with Crippen LogP contribution in [0.1, 0.15) is 26.3 Å². The molecule has 0 unspecified atom stereocenters. The molecule has 2 aromatic carbocycles. The Kier molecular flexibility index (Phi) is 3.22. The zero-order valence-electron chi connectivity index (χ0n) is 11.9. The Balaban J connectivity index is 1.83. The first-order valence-electron chi connectivity index (χ1n) is 6.64. The van der Waals surface area contributed by atoms with E-state index in [4.69, 9.17) is 4.74 Å². The third-order valence-electron chi connectivity index (χ3n) is 3.26. The number of ether oxygens (including phenoxy) is 1. The Labute approximate surface area is 123 Å². The predicted octanol–water partition coefficient (Wildman–Crippen LogP) is 5.39. The molecule has 1 aromatic heterocycles. The van der Waals surface area contributed by atoms with Crippen LogP contribution in [-0.2, 0) is 5.41 Å². The molecule has 0 bridgehead atoms. The molecule has 0 saturated carbocycles. The van der Waals surface area contributed by atoms with E-state index in [-0.39, 0.29) is 5.41 Å². The quantitative estimate of drug-likeness (QED) is 0.629. The maximum atomic E-state index is 5.89. The average molecular weight is 283 g/mol. The smallest absolute Gasteiger partial charge is 0.129 e. The van der Waals surface area contributed by atoms with Gasteiger partial charge in [0.1, 0.15) is 11.5 Å². The van der Waals surface area contributed by atoms with Gasteiger partial charge in [-0.15, -0.1) is 11.3 Å². The molecule has 102 valence electrons. The number of nitrogens with zero attached hydrogens (tertiary/aromatic N) is 1. The summed E-state index contributed by atoms with van der Waals surface area (Å²) in [5.74, 6) is 1.68. The zero-order valence-corrected chi connectivity index (χ0v) is 12.7. The fraction of sp³-hybridized carbons (Fsp3) is 0.235. The average Bonchev–Trinajstić information content (AvgIpc) is 2.86. The second kappa shape index (κ2) is 4.91. The van der Waals surface area contributed by atoms with Gasteiger partial charge in [-0.1, -0.05) is 32.9 Å². The lowest BCUT2D eigenvalue weighted by molar-refractivity contribution is 0.482. The summed E-state index contributed by atoms with van der Waals surface area (Å²) in [6.07, 6.45) is 0. The SMILES string of the molecule is CC(C)(C)c1ccc(Oc2ccc3scnc3c2)cc1. The van der Waals surface area contributed by atoms with Crippen LogP contribution in [0, 0.1) is 0 Å². The maximum Gasteiger partial charge on any atom is 0.129 e. The van der Waals surface area contributed by atoms with Crippen molar-refractivity contribution in [2.24, 2.45) is 0 Å². The molecule has 2 nitrogen and oxygen atoms in total. The van der Waals surface area contributed by atoms with E-state index in [0.717, 1.165) is 17.0 Å².